The van der Waals surface area contributed by atoms with Crippen LogP contribution in [0.25, 0.3) is 0 Å². The van der Waals surface area contributed by atoms with Gasteiger partial charge in [-0.25, -0.2) is 8.78 Å². The molecule has 1 unspecified atom stereocenters. The highest BCUT2D eigenvalue weighted by atomic mass is 127. The molecule has 1 aromatic heterocycles. The van der Waals surface area contributed by atoms with Crippen LogP contribution in [0.4, 0.5) is 14.5 Å². The number of guanidine groups is 1. The molecule has 1 aliphatic heterocycles. The SMILES string of the molecule is CN=C(NCc1sccc1C)NC1CCN(c2c(F)cccc2F)C1.I. The topological polar surface area (TPSA) is 39.7 Å². The molecule has 3 rings (SSSR count). The first-order chi connectivity index (χ1) is 12.1. The number of benzene rings is 1. The van der Waals surface area contributed by atoms with E-state index in [0.717, 1.165) is 6.42 Å². The normalized spacial score (nSPS) is 17.2. The van der Waals surface area contributed by atoms with Gasteiger partial charge in [-0.05, 0) is 42.5 Å². The molecule has 8 heteroatoms. The zero-order valence-electron chi connectivity index (χ0n) is 14.8. The minimum absolute atomic E-state index is 0. The van der Waals surface area contributed by atoms with E-state index in [-0.39, 0.29) is 35.7 Å². The van der Waals surface area contributed by atoms with Gasteiger partial charge in [0.15, 0.2) is 5.96 Å². The Balaban J connectivity index is 0.00000243. The van der Waals surface area contributed by atoms with Crippen LogP contribution in [0.2, 0.25) is 0 Å². The second-order valence-corrected chi connectivity index (χ2v) is 7.10. The van der Waals surface area contributed by atoms with Gasteiger partial charge in [-0.2, -0.15) is 0 Å². The van der Waals surface area contributed by atoms with Crippen LogP contribution in [-0.2, 0) is 6.54 Å². The van der Waals surface area contributed by atoms with E-state index in [0.29, 0.717) is 25.6 Å². The van der Waals surface area contributed by atoms with Crippen LogP contribution in [0.15, 0.2) is 34.6 Å². The minimum atomic E-state index is -0.517. The number of nitrogens with zero attached hydrogens (tertiary/aromatic N) is 2. The first-order valence-electron chi connectivity index (χ1n) is 8.27. The number of hydrogen-bond donors (Lipinski definition) is 2. The quantitative estimate of drug-likeness (QED) is 0.387. The summed E-state index contributed by atoms with van der Waals surface area (Å²) in [4.78, 5) is 7.26. The molecule has 0 spiro atoms. The van der Waals surface area contributed by atoms with Gasteiger partial charge in [0, 0.05) is 31.1 Å². The Morgan fingerprint density at radius 3 is 2.65 bits per heavy atom. The van der Waals surface area contributed by atoms with E-state index in [9.17, 15) is 8.78 Å². The molecular formula is C18H23F2IN4S. The molecular weight excluding hydrogens is 469 g/mol. The van der Waals surface area contributed by atoms with E-state index >= 15 is 0 Å². The van der Waals surface area contributed by atoms with Gasteiger partial charge in [0.2, 0.25) is 0 Å². The monoisotopic (exact) mass is 492 g/mol. The smallest absolute Gasteiger partial charge is 0.191 e. The van der Waals surface area contributed by atoms with Crippen molar-refractivity contribution < 1.29 is 8.78 Å². The second-order valence-electron chi connectivity index (χ2n) is 6.10. The average molecular weight is 492 g/mol. The number of aliphatic imine (C=N–C) groups is 1. The predicted molar refractivity (Wildman–Crippen MR) is 115 cm³/mol. The lowest BCUT2D eigenvalue weighted by Gasteiger charge is -2.21. The molecule has 142 valence electrons. The fraction of sp³-hybridized carbons (Fsp3) is 0.389. The molecule has 0 saturated carbocycles. The average Bonchev–Trinajstić information content (AvgIpc) is 3.20. The molecule has 26 heavy (non-hydrogen) atoms. The van der Waals surface area contributed by atoms with Crippen molar-refractivity contribution in [3.63, 3.8) is 0 Å². The molecule has 0 aliphatic carbocycles. The van der Waals surface area contributed by atoms with E-state index in [2.05, 4.69) is 34.0 Å². The number of rotatable bonds is 4. The fourth-order valence-electron chi connectivity index (χ4n) is 3.01. The Kier molecular flexibility index (Phi) is 7.63. The summed E-state index contributed by atoms with van der Waals surface area (Å²) in [7, 11) is 1.72. The van der Waals surface area contributed by atoms with Crippen molar-refractivity contribution in [1.82, 2.24) is 10.6 Å². The molecule has 1 saturated heterocycles. The molecule has 1 aliphatic rings. The third-order valence-corrected chi connectivity index (χ3v) is 5.41. The fourth-order valence-corrected chi connectivity index (χ4v) is 3.86. The lowest BCUT2D eigenvalue weighted by molar-refractivity contribution is 0.576. The van der Waals surface area contributed by atoms with Crippen molar-refractivity contribution in [3.05, 3.63) is 51.7 Å². The summed E-state index contributed by atoms with van der Waals surface area (Å²) in [5.74, 6) is -0.332. The highest BCUT2D eigenvalue weighted by Gasteiger charge is 2.27. The van der Waals surface area contributed by atoms with Crippen LogP contribution in [0.1, 0.15) is 16.9 Å². The lowest BCUT2D eigenvalue weighted by atomic mass is 10.2. The zero-order chi connectivity index (χ0) is 17.8. The number of anilines is 1. The van der Waals surface area contributed by atoms with Gasteiger partial charge in [-0.1, -0.05) is 6.07 Å². The van der Waals surface area contributed by atoms with Crippen molar-refractivity contribution in [1.29, 1.82) is 0 Å². The number of para-hydroxylation sites is 1. The van der Waals surface area contributed by atoms with Crippen LogP contribution < -0.4 is 15.5 Å². The number of halogens is 3. The Bertz CT molecular complexity index is 745. The lowest BCUT2D eigenvalue weighted by Crippen LogP contribution is -2.44. The van der Waals surface area contributed by atoms with E-state index in [1.54, 1.807) is 23.3 Å². The van der Waals surface area contributed by atoms with Crippen LogP contribution in [0.3, 0.4) is 0 Å². The molecule has 0 amide bonds. The molecule has 2 heterocycles. The van der Waals surface area contributed by atoms with Gasteiger partial charge < -0.3 is 15.5 Å². The molecule has 0 radical (unpaired) electrons. The third-order valence-electron chi connectivity index (χ3n) is 4.39. The summed E-state index contributed by atoms with van der Waals surface area (Å²) in [5.41, 5.74) is 1.32. The largest absolute Gasteiger partial charge is 0.365 e. The highest BCUT2D eigenvalue weighted by molar-refractivity contribution is 14.0. The number of thiophene rings is 1. The Morgan fingerprint density at radius 2 is 2.04 bits per heavy atom. The summed E-state index contributed by atoms with van der Waals surface area (Å²) in [5, 5.41) is 8.71. The van der Waals surface area contributed by atoms with Crippen LogP contribution in [-0.4, -0.2) is 32.1 Å². The van der Waals surface area contributed by atoms with E-state index in [1.165, 1.54) is 28.6 Å². The number of aryl methyl sites for hydroxylation is 1. The van der Waals surface area contributed by atoms with Gasteiger partial charge >= 0.3 is 0 Å². The van der Waals surface area contributed by atoms with Gasteiger partial charge in [-0.3, -0.25) is 4.99 Å². The Labute approximate surface area is 173 Å². The standard InChI is InChI=1S/C18H22F2N4S.HI/c1-12-7-9-25-16(12)10-22-18(21-2)23-13-6-8-24(11-13)17-14(19)4-3-5-15(17)20;/h3-5,7,9,13H,6,8,10-11H2,1-2H3,(H2,21,22,23);1H. The summed E-state index contributed by atoms with van der Waals surface area (Å²) >= 11 is 1.71. The first kappa shape index (κ1) is 20.9. The minimum Gasteiger partial charge on any atom is -0.365 e. The van der Waals surface area contributed by atoms with Crippen LogP contribution in [0.5, 0.6) is 0 Å². The maximum Gasteiger partial charge on any atom is 0.191 e. The van der Waals surface area contributed by atoms with Crippen LogP contribution >= 0.6 is 35.3 Å². The predicted octanol–water partition coefficient (Wildman–Crippen LogP) is 3.90. The Morgan fingerprint density at radius 1 is 1.31 bits per heavy atom. The highest BCUT2D eigenvalue weighted by Crippen LogP contribution is 2.26. The zero-order valence-corrected chi connectivity index (χ0v) is 17.9. The maximum absolute atomic E-state index is 13.9. The molecule has 2 aromatic rings. The van der Waals surface area contributed by atoms with Crippen LogP contribution in [0, 0.1) is 18.6 Å². The van der Waals surface area contributed by atoms with Gasteiger partial charge in [-0.15, -0.1) is 35.3 Å². The Hall–Kier alpha value is -1.42. The molecule has 1 aromatic carbocycles. The maximum atomic E-state index is 13.9. The third kappa shape index (κ3) is 4.85. The van der Waals surface area contributed by atoms with E-state index in [4.69, 9.17) is 0 Å². The van der Waals surface area contributed by atoms with Crippen molar-refractivity contribution in [2.75, 3.05) is 25.0 Å². The second kappa shape index (κ2) is 9.50. The molecule has 1 atom stereocenters. The molecule has 2 N–H and O–H groups in total. The summed E-state index contributed by atoms with van der Waals surface area (Å²) < 4.78 is 27.9. The van der Waals surface area contributed by atoms with E-state index in [1.807, 2.05) is 0 Å². The summed E-state index contributed by atoms with van der Waals surface area (Å²) in [6.45, 7) is 3.94. The van der Waals surface area contributed by atoms with Gasteiger partial charge in [0.25, 0.3) is 0 Å². The van der Waals surface area contributed by atoms with Gasteiger partial charge in [0.05, 0.1) is 6.54 Å². The molecule has 0 bridgehead atoms. The molecule has 4 nitrogen and oxygen atoms in total. The van der Waals surface area contributed by atoms with Crippen molar-refractivity contribution >= 4 is 47.0 Å². The number of nitrogens with one attached hydrogen (secondary N) is 2. The molecule has 1 fully saturated rings. The van der Waals surface area contributed by atoms with Crippen molar-refractivity contribution in [2.45, 2.75) is 25.9 Å². The van der Waals surface area contributed by atoms with Crippen molar-refractivity contribution in [3.8, 4) is 0 Å². The summed E-state index contributed by atoms with van der Waals surface area (Å²) in [6.07, 6.45) is 0.798. The van der Waals surface area contributed by atoms with Crippen molar-refractivity contribution in [2.24, 2.45) is 4.99 Å². The summed E-state index contributed by atoms with van der Waals surface area (Å²) in [6, 6.07) is 6.16. The first-order valence-corrected chi connectivity index (χ1v) is 9.15. The number of hydrogen-bond acceptors (Lipinski definition) is 3. The van der Waals surface area contributed by atoms with Gasteiger partial charge in [0.1, 0.15) is 17.3 Å². The van der Waals surface area contributed by atoms with E-state index < -0.39 is 11.6 Å².